The van der Waals surface area contributed by atoms with E-state index in [9.17, 15) is 29.1 Å². The third kappa shape index (κ3) is 8.92. The summed E-state index contributed by atoms with van der Waals surface area (Å²) >= 11 is 5.89. The average molecular weight is 593 g/mol. The Morgan fingerprint density at radius 1 is 0.805 bits per heavy atom. The minimum Gasteiger partial charge on any atom is -0.507 e. The molecule has 1 heterocycles. The molecule has 3 rings (SSSR count). The van der Waals surface area contributed by atoms with Crippen LogP contribution in [0, 0.1) is 0 Å². The van der Waals surface area contributed by atoms with Crippen molar-refractivity contribution >= 4 is 41.3 Å². The number of ketones is 1. The highest BCUT2D eigenvalue weighted by Crippen LogP contribution is 2.33. The summed E-state index contributed by atoms with van der Waals surface area (Å²) in [6, 6.07) is 10.6. The van der Waals surface area contributed by atoms with E-state index in [1.807, 2.05) is 0 Å². The molecule has 0 amide bonds. The number of phenolic OH excluding ortho intramolecular Hbond substituents is 1. The SMILES string of the molecule is CC(=O)OC[C@@H]1O[C@H](Oc2ccc(C(=O)Cc3ccc(Cl)cc3)c(O)c2)[C@@H](OC(C)=O)[C@H](OC(C)=O)[C@H]1OC(C)=O. The zero-order valence-corrected chi connectivity index (χ0v) is 23.4. The molecular weight excluding hydrogens is 564 g/mol. The maximum atomic E-state index is 12.8. The highest BCUT2D eigenvalue weighted by atomic mass is 35.5. The van der Waals surface area contributed by atoms with Gasteiger partial charge >= 0.3 is 23.9 Å². The van der Waals surface area contributed by atoms with Crippen LogP contribution in [0.15, 0.2) is 42.5 Å². The summed E-state index contributed by atoms with van der Waals surface area (Å²) in [7, 11) is 0. The Morgan fingerprint density at radius 2 is 1.39 bits per heavy atom. The molecule has 0 unspecified atom stereocenters. The molecule has 0 radical (unpaired) electrons. The Kier molecular flexibility index (Phi) is 10.7. The van der Waals surface area contributed by atoms with E-state index in [-0.39, 0.29) is 23.5 Å². The summed E-state index contributed by atoms with van der Waals surface area (Å²) in [5, 5.41) is 11.1. The van der Waals surface area contributed by atoms with Gasteiger partial charge in [0.1, 0.15) is 24.2 Å². The predicted octanol–water partition coefficient (Wildman–Crippen LogP) is 2.93. The Bertz CT molecular complexity index is 1290. The second-order valence-corrected chi connectivity index (χ2v) is 9.53. The molecule has 41 heavy (non-hydrogen) atoms. The number of ether oxygens (including phenoxy) is 6. The van der Waals surface area contributed by atoms with Crippen molar-refractivity contribution in [3.8, 4) is 11.5 Å². The zero-order chi connectivity index (χ0) is 30.3. The van der Waals surface area contributed by atoms with Crippen LogP contribution in [0.3, 0.4) is 0 Å². The molecule has 1 aliphatic heterocycles. The highest BCUT2D eigenvalue weighted by Gasteiger charge is 2.53. The number of halogens is 1. The number of hydrogen-bond acceptors (Lipinski definition) is 12. The standard InChI is InChI=1S/C28H29ClO12/c1-14(30)36-13-24-25(37-15(2)31)26(38-16(3)32)27(39-17(4)33)28(41-24)40-20-9-10-21(23(35)12-20)22(34)11-18-5-7-19(29)8-6-18/h5-10,12,24-28,35H,11,13H2,1-4H3/t24-,25-,26+,27-,28-/m0/s1. The molecule has 13 heteroatoms. The van der Waals surface area contributed by atoms with E-state index in [4.69, 9.17) is 40.0 Å². The Hall–Kier alpha value is -4.16. The Balaban J connectivity index is 1.90. The van der Waals surface area contributed by atoms with Crippen LogP contribution in [0.2, 0.25) is 5.02 Å². The van der Waals surface area contributed by atoms with Crippen LogP contribution < -0.4 is 4.74 Å². The molecule has 220 valence electrons. The van der Waals surface area contributed by atoms with Gasteiger partial charge in [-0.25, -0.2) is 0 Å². The smallest absolute Gasteiger partial charge is 0.303 e. The minimum atomic E-state index is -1.49. The van der Waals surface area contributed by atoms with Gasteiger partial charge in [-0.3, -0.25) is 24.0 Å². The van der Waals surface area contributed by atoms with E-state index in [2.05, 4.69) is 0 Å². The van der Waals surface area contributed by atoms with Crippen molar-refractivity contribution in [1.82, 2.24) is 0 Å². The van der Waals surface area contributed by atoms with E-state index in [0.29, 0.717) is 10.6 Å². The summed E-state index contributed by atoms with van der Waals surface area (Å²) in [6.07, 6.45) is -6.93. The number of hydrogen-bond donors (Lipinski definition) is 1. The average Bonchev–Trinajstić information content (AvgIpc) is 2.87. The van der Waals surface area contributed by atoms with E-state index in [0.717, 1.165) is 33.8 Å². The second kappa shape index (κ2) is 14.0. The summed E-state index contributed by atoms with van der Waals surface area (Å²) in [5.74, 6) is -3.80. The van der Waals surface area contributed by atoms with Crippen molar-refractivity contribution < 1.29 is 57.5 Å². The Morgan fingerprint density at radius 3 is 1.95 bits per heavy atom. The molecule has 2 aromatic carbocycles. The molecule has 1 saturated heterocycles. The minimum absolute atomic E-state index is 0.00459. The van der Waals surface area contributed by atoms with Gasteiger partial charge in [0.2, 0.25) is 12.4 Å². The quantitative estimate of drug-likeness (QED) is 0.244. The fourth-order valence-corrected chi connectivity index (χ4v) is 4.25. The van der Waals surface area contributed by atoms with Gasteiger partial charge < -0.3 is 33.5 Å². The van der Waals surface area contributed by atoms with Crippen LogP contribution in [0.4, 0.5) is 0 Å². The van der Waals surface area contributed by atoms with Crippen molar-refractivity contribution in [2.45, 2.75) is 64.8 Å². The molecule has 5 atom stereocenters. The van der Waals surface area contributed by atoms with Gasteiger partial charge in [0.15, 0.2) is 18.0 Å². The van der Waals surface area contributed by atoms with E-state index >= 15 is 0 Å². The van der Waals surface area contributed by atoms with Gasteiger partial charge in [-0.15, -0.1) is 0 Å². The van der Waals surface area contributed by atoms with Crippen molar-refractivity contribution in [3.63, 3.8) is 0 Å². The van der Waals surface area contributed by atoms with Gasteiger partial charge in [0.25, 0.3) is 0 Å². The van der Waals surface area contributed by atoms with Crippen molar-refractivity contribution in [2.24, 2.45) is 0 Å². The first-order valence-electron chi connectivity index (χ1n) is 12.4. The summed E-state index contributed by atoms with van der Waals surface area (Å²) in [6.45, 7) is 4.03. The predicted molar refractivity (Wildman–Crippen MR) is 140 cm³/mol. The lowest BCUT2D eigenvalue weighted by atomic mass is 9.98. The largest absolute Gasteiger partial charge is 0.507 e. The number of Topliss-reactive ketones (excluding diaryl/α,β-unsaturated/α-hetero) is 1. The number of phenols is 1. The van der Waals surface area contributed by atoms with Crippen LogP contribution in [-0.4, -0.2) is 72.1 Å². The van der Waals surface area contributed by atoms with Crippen molar-refractivity contribution in [2.75, 3.05) is 6.61 Å². The molecular formula is C28H29ClO12. The van der Waals surface area contributed by atoms with Crippen molar-refractivity contribution in [1.29, 1.82) is 0 Å². The van der Waals surface area contributed by atoms with E-state index in [1.165, 1.54) is 12.1 Å². The molecule has 0 bridgehead atoms. The monoisotopic (exact) mass is 592 g/mol. The van der Waals surface area contributed by atoms with Crippen LogP contribution >= 0.6 is 11.6 Å². The topological polar surface area (TPSA) is 161 Å². The van der Waals surface area contributed by atoms with Crippen LogP contribution in [0.1, 0.15) is 43.6 Å². The second-order valence-electron chi connectivity index (χ2n) is 9.09. The van der Waals surface area contributed by atoms with Gasteiger partial charge in [-0.05, 0) is 29.8 Å². The lowest BCUT2D eigenvalue weighted by Gasteiger charge is -2.43. The molecule has 0 spiro atoms. The zero-order valence-electron chi connectivity index (χ0n) is 22.7. The maximum Gasteiger partial charge on any atom is 0.303 e. The number of aromatic hydroxyl groups is 1. The molecule has 1 aliphatic rings. The Labute approximate surface area is 240 Å². The fraction of sp³-hybridized carbons (Fsp3) is 0.393. The molecule has 1 N–H and O–H groups in total. The molecule has 1 fully saturated rings. The molecule has 0 aromatic heterocycles. The van der Waals surface area contributed by atoms with Gasteiger partial charge in [0, 0.05) is 45.2 Å². The van der Waals surface area contributed by atoms with Gasteiger partial charge in [-0.1, -0.05) is 23.7 Å². The van der Waals surface area contributed by atoms with Crippen molar-refractivity contribution in [3.05, 3.63) is 58.6 Å². The molecule has 12 nitrogen and oxygen atoms in total. The maximum absolute atomic E-state index is 12.8. The van der Waals surface area contributed by atoms with Crippen LogP contribution in [0.25, 0.3) is 0 Å². The normalized spacial score (nSPS) is 21.7. The lowest BCUT2D eigenvalue weighted by Crippen LogP contribution is -2.63. The van der Waals surface area contributed by atoms with Crippen LogP contribution in [0.5, 0.6) is 11.5 Å². The van der Waals surface area contributed by atoms with E-state index in [1.54, 1.807) is 24.3 Å². The lowest BCUT2D eigenvalue weighted by molar-refractivity contribution is -0.288. The number of rotatable bonds is 10. The molecule has 0 saturated carbocycles. The first-order valence-corrected chi connectivity index (χ1v) is 12.8. The van der Waals surface area contributed by atoms with Gasteiger partial charge in [-0.2, -0.15) is 0 Å². The number of benzene rings is 2. The fourth-order valence-electron chi connectivity index (χ4n) is 4.12. The summed E-state index contributed by atoms with van der Waals surface area (Å²) in [5.41, 5.74) is 0.713. The molecule has 2 aromatic rings. The highest BCUT2D eigenvalue weighted by molar-refractivity contribution is 6.30. The number of esters is 4. The molecule has 0 aliphatic carbocycles. The number of carbonyl (C=O) groups is 5. The third-order valence-corrected chi connectivity index (χ3v) is 6.00. The first-order chi connectivity index (χ1) is 19.3. The summed E-state index contributed by atoms with van der Waals surface area (Å²) < 4.78 is 32.8. The summed E-state index contributed by atoms with van der Waals surface area (Å²) in [4.78, 5) is 60.1. The van der Waals surface area contributed by atoms with E-state index < -0.39 is 66.9 Å². The first kappa shape index (κ1) is 31.4. The third-order valence-electron chi connectivity index (χ3n) is 5.75. The van der Waals surface area contributed by atoms with Crippen LogP contribution in [-0.2, 0) is 49.3 Å². The number of carbonyl (C=O) groups excluding carboxylic acids is 5. The van der Waals surface area contributed by atoms with Gasteiger partial charge in [0.05, 0.1) is 5.56 Å².